The zero-order valence-corrected chi connectivity index (χ0v) is 12.4. The zero-order valence-electron chi connectivity index (χ0n) is 9.34. The van der Waals surface area contributed by atoms with E-state index in [1.807, 2.05) is 24.3 Å². The van der Waals surface area contributed by atoms with Gasteiger partial charge in [0.15, 0.2) is 0 Å². The van der Waals surface area contributed by atoms with Crippen molar-refractivity contribution >= 4 is 39.1 Å². The fourth-order valence-electron chi connectivity index (χ4n) is 1.74. The van der Waals surface area contributed by atoms with Gasteiger partial charge in [-0.25, -0.2) is 4.39 Å². The lowest BCUT2D eigenvalue weighted by atomic mass is 10.0. The second-order valence-corrected chi connectivity index (χ2v) is 5.70. The average molecular weight is 348 g/mol. The van der Waals surface area contributed by atoms with Crippen molar-refractivity contribution in [1.82, 2.24) is 0 Å². The molecule has 0 saturated carbocycles. The molecule has 2 rings (SSSR count). The number of rotatable bonds is 3. The van der Waals surface area contributed by atoms with Crippen LogP contribution in [0.4, 0.5) is 4.39 Å². The smallest absolute Gasteiger partial charge is 0.123 e. The van der Waals surface area contributed by atoms with Crippen molar-refractivity contribution in [2.45, 2.75) is 11.8 Å². The van der Waals surface area contributed by atoms with Gasteiger partial charge in [0.05, 0.1) is 10.4 Å². The topological polar surface area (TPSA) is 0 Å². The van der Waals surface area contributed by atoms with Crippen molar-refractivity contribution in [3.63, 3.8) is 0 Å². The molecule has 0 heterocycles. The molecule has 0 amide bonds. The molecule has 2 aromatic carbocycles. The molecule has 0 saturated heterocycles. The van der Waals surface area contributed by atoms with Gasteiger partial charge in [-0.1, -0.05) is 35.9 Å². The summed E-state index contributed by atoms with van der Waals surface area (Å²) in [5.41, 5.74) is 1.70. The minimum Gasteiger partial charge on any atom is -0.207 e. The van der Waals surface area contributed by atoms with Crippen molar-refractivity contribution in [1.29, 1.82) is 0 Å². The third kappa shape index (κ3) is 3.25. The van der Waals surface area contributed by atoms with E-state index in [9.17, 15) is 4.39 Å². The summed E-state index contributed by atoms with van der Waals surface area (Å²) in [5, 5.41) is 0.325. The lowest BCUT2D eigenvalue weighted by Gasteiger charge is -2.12. The first-order valence-electron chi connectivity index (χ1n) is 5.40. The highest BCUT2D eigenvalue weighted by Gasteiger charge is 2.14. The highest BCUT2D eigenvalue weighted by molar-refractivity contribution is 9.10. The molecule has 0 aromatic heterocycles. The van der Waals surface area contributed by atoms with Gasteiger partial charge in [0, 0.05) is 4.47 Å². The zero-order chi connectivity index (χ0) is 13.1. The summed E-state index contributed by atoms with van der Waals surface area (Å²) in [6.07, 6.45) is 0.537. The summed E-state index contributed by atoms with van der Waals surface area (Å²) in [6.45, 7) is 0. The molecule has 1 unspecified atom stereocenters. The van der Waals surface area contributed by atoms with Gasteiger partial charge < -0.3 is 0 Å². The van der Waals surface area contributed by atoms with Gasteiger partial charge in [-0.3, -0.25) is 0 Å². The molecule has 4 heteroatoms. The van der Waals surface area contributed by atoms with E-state index in [2.05, 4.69) is 15.9 Å². The Morgan fingerprint density at radius 2 is 1.89 bits per heavy atom. The summed E-state index contributed by atoms with van der Waals surface area (Å²) in [4.78, 5) is 0. The lowest BCUT2D eigenvalue weighted by molar-refractivity contribution is 0.625. The number of alkyl halides is 1. The number of benzene rings is 2. The van der Waals surface area contributed by atoms with E-state index in [-0.39, 0.29) is 11.2 Å². The van der Waals surface area contributed by atoms with Gasteiger partial charge in [-0.15, -0.1) is 11.6 Å². The summed E-state index contributed by atoms with van der Waals surface area (Å²) in [6, 6.07) is 12.1. The third-order valence-corrected chi connectivity index (χ3v) is 4.32. The van der Waals surface area contributed by atoms with Gasteiger partial charge in [-0.2, -0.15) is 0 Å². The van der Waals surface area contributed by atoms with Crippen LogP contribution in [0.15, 0.2) is 46.9 Å². The van der Waals surface area contributed by atoms with E-state index in [0.717, 1.165) is 15.6 Å². The monoisotopic (exact) mass is 346 g/mol. The molecule has 0 aliphatic heterocycles. The van der Waals surface area contributed by atoms with E-state index >= 15 is 0 Å². The number of hydrogen-bond donors (Lipinski definition) is 0. The van der Waals surface area contributed by atoms with Crippen molar-refractivity contribution < 1.29 is 4.39 Å². The predicted molar refractivity (Wildman–Crippen MR) is 77.9 cm³/mol. The van der Waals surface area contributed by atoms with Gasteiger partial charge in [0.2, 0.25) is 0 Å². The summed E-state index contributed by atoms with van der Waals surface area (Å²) < 4.78 is 13.9. The molecule has 0 bridgehead atoms. The minimum absolute atomic E-state index is 0.253. The average Bonchev–Trinajstić information content (AvgIpc) is 2.32. The first-order chi connectivity index (χ1) is 8.58. The van der Waals surface area contributed by atoms with Crippen LogP contribution in [-0.4, -0.2) is 0 Å². The SMILES string of the molecule is Fc1cccc(CC(Cl)c2cccc(Br)c2Cl)c1. The Kier molecular flexibility index (Phi) is 4.66. The Balaban J connectivity index is 2.22. The van der Waals surface area contributed by atoms with Crippen LogP contribution >= 0.6 is 39.1 Å². The predicted octanol–water partition coefficient (Wildman–Crippen LogP) is 5.76. The summed E-state index contributed by atoms with van der Waals surface area (Å²) >= 11 is 15.9. The molecule has 1 atom stereocenters. The molecule has 94 valence electrons. The Morgan fingerprint density at radius 1 is 1.17 bits per heavy atom. The largest absolute Gasteiger partial charge is 0.207 e. The molecule has 0 nitrogen and oxygen atoms in total. The van der Waals surface area contributed by atoms with Gasteiger partial charge in [-0.05, 0) is 51.7 Å². The molecule has 0 aliphatic carbocycles. The maximum Gasteiger partial charge on any atom is 0.123 e. The second kappa shape index (κ2) is 6.05. The Labute approximate surface area is 124 Å². The third-order valence-electron chi connectivity index (χ3n) is 2.62. The first-order valence-corrected chi connectivity index (χ1v) is 7.01. The molecule has 2 aromatic rings. The van der Waals surface area contributed by atoms with E-state index < -0.39 is 0 Å². The molecular formula is C14H10BrCl2F. The van der Waals surface area contributed by atoms with Crippen molar-refractivity contribution in [2.24, 2.45) is 0 Å². The highest BCUT2D eigenvalue weighted by atomic mass is 79.9. The van der Waals surface area contributed by atoms with Crippen molar-refractivity contribution in [3.05, 3.63) is 68.9 Å². The van der Waals surface area contributed by atoms with Crippen LogP contribution in [0.5, 0.6) is 0 Å². The van der Waals surface area contributed by atoms with Crippen LogP contribution in [0.3, 0.4) is 0 Å². The van der Waals surface area contributed by atoms with Crippen molar-refractivity contribution in [3.8, 4) is 0 Å². The molecule has 18 heavy (non-hydrogen) atoms. The molecule has 0 N–H and O–H groups in total. The number of hydrogen-bond acceptors (Lipinski definition) is 0. The fourth-order valence-corrected chi connectivity index (χ4v) is 2.80. The molecular weight excluding hydrogens is 338 g/mol. The maximum absolute atomic E-state index is 13.1. The van der Waals surface area contributed by atoms with Crippen LogP contribution in [-0.2, 0) is 6.42 Å². The fraction of sp³-hybridized carbons (Fsp3) is 0.143. The molecule has 0 radical (unpaired) electrons. The number of halogens is 4. The van der Waals surface area contributed by atoms with E-state index in [1.54, 1.807) is 6.07 Å². The van der Waals surface area contributed by atoms with Crippen LogP contribution in [0, 0.1) is 5.82 Å². The van der Waals surface area contributed by atoms with Crippen LogP contribution in [0.1, 0.15) is 16.5 Å². The minimum atomic E-state index is -0.281. The molecule has 0 aliphatic rings. The quantitative estimate of drug-likeness (QED) is 0.619. The lowest BCUT2D eigenvalue weighted by Crippen LogP contribution is -1.97. The van der Waals surface area contributed by atoms with E-state index in [1.165, 1.54) is 12.1 Å². The summed E-state index contributed by atoms with van der Waals surface area (Å²) in [7, 11) is 0. The normalized spacial score (nSPS) is 12.4. The van der Waals surface area contributed by atoms with Crippen LogP contribution < -0.4 is 0 Å². The Bertz CT molecular complexity index is 557. The first kappa shape index (κ1) is 13.9. The Morgan fingerprint density at radius 3 is 2.61 bits per heavy atom. The second-order valence-electron chi connectivity index (χ2n) is 3.94. The highest BCUT2D eigenvalue weighted by Crippen LogP contribution is 2.35. The Hall–Kier alpha value is -0.570. The molecule has 0 fully saturated rings. The van der Waals surface area contributed by atoms with Gasteiger partial charge in [0.25, 0.3) is 0 Å². The van der Waals surface area contributed by atoms with Gasteiger partial charge >= 0.3 is 0 Å². The molecule has 0 spiro atoms. The van der Waals surface area contributed by atoms with Crippen LogP contribution in [0.2, 0.25) is 5.02 Å². The standard InChI is InChI=1S/C14H10BrCl2F/c15-12-6-2-5-11(14(12)17)13(16)8-9-3-1-4-10(18)7-9/h1-7,13H,8H2. The van der Waals surface area contributed by atoms with E-state index in [0.29, 0.717) is 11.4 Å². The summed E-state index contributed by atoms with van der Waals surface area (Å²) in [5.74, 6) is -0.253. The van der Waals surface area contributed by atoms with Crippen molar-refractivity contribution in [2.75, 3.05) is 0 Å². The van der Waals surface area contributed by atoms with E-state index in [4.69, 9.17) is 23.2 Å². The van der Waals surface area contributed by atoms with Crippen LogP contribution in [0.25, 0.3) is 0 Å². The van der Waals surface area contributed by atoms with Gasteiger partial charge in [0.1, 0.15) is 5.82 Å². The maximum atomic E-state index is 13.1.